The molecule has 1 N–H and O–H groups in total. The molecule has 1 amide bonds. The normalized spacial score (nSPS) is 16.6. The van der Waals surface area contributed by atoms with Crippen molar-refractivity contribution in [3.05, 3.63) is 82.9 Å². The van der Waals surface area contributed by atoms with Gasteiger partial charge in [0.15, 0.2) is 11.5 Å². The van der Waals surface area contributed by atoms with Crippen LogP contribution in [0, 0.1) is 0 Å². The summed E-state index contributed by atoms with van der Waals surface area (Å²) in [5.41, 5.74) is 3.04. The van der Waals surface area contributed by atoms with Crippen molar-refractivity contribution in [2.45, 2.75) is 39.2 Å². The molecule has 1 aliphatic rings. The summed E-state index contributed by atoms with van der Waals surface area (Å²) in [5.74, 6) is -0.117. The third-order valence-corrected chi connectivity index (χ3v) is 7.17. The fourth-order valence-corrected chi connectivity index (χ4v) is 5.05. The number of ketones is 1. The summed E-state index contributed by atoms with van der Waals surface area (Å²) in [5, 5.41) is 11.7. The molecular formula is C33H38N2O6. The quantitative estimate of drug-likeness (QED) is 0.203. The van der Waals surface area contributed by atoms with E-state index < -0.39 is 17.7 Å². The number of amides is 1. The van der Waals surface area contributed by atoms with Gasteiger partial charge in [-0.25, -0.2) is 0 Å². The molecule has 1 saturated heterocycles. The van der Waals surface area contributed by atoms with Crippen LogP contribution in [-0.4, -0.2) is 51.7 Å². The molecule has 0 bridgehead atoms. The van der Waals surface area contributed by atoms with E-state index in [1.807, 2.05) is 44.1 Å². The van der Waals surface area contributed by atoms with Crippen LogP contribution in [0.2, 0.25) is 0 Å². The molecule has 1 atom stereocenters. The number of rotatable bonds is 8. The van der Waals surface area contributed by atoms with Crippen molar-refractivity contribution < 1.29 is 28.9 Å². The topological polar surface area (TPSA) is 88.5 Å². The molecule has 0 aromatic heterocycles. The van der Waals surface area contributed by atoms with Gasteiger partial charge < -0.3 is 24.2 Å². The van der Waals surface area contributed by atoms with Crippen molar-refractivity contribution in [3.63, 3.8) is 0 Å². The number of carbonyl (C=O) groups excluding carboxylic acids is 2. The minimum Gasteiger partial charge on any atom is -0.507 e. The maximum absolute atomic E-state index is 13.7. The Labute approximate surface area is 241 Å². The van der Waals surface area contributed by atoms with Gasteiger partial charge in [0.2, 0.25) is 0 Å². The fourth-order valence-electron chi connectivity index (χ4n) is 5.05. The summed E-state index contributed by atoms with van der Waals surface area (Å²) >= 11 is 0. The molecule has 216 valence electrons. The van der Waals surface area contributed by atoms with Gasteiger partial charge in [-0.1, -0.05) is 26.8 Å². The van der Waals surface area contributed by atoms with E-state index in [0.29, 0.717) is 40.7 Å². The highest BCUT2D eigenvalue weighted by molar-refractivity contribution is 6.51. The van der Waals surface area contributed by atoms with Gasteiger partial charge in [0.1, 0.15) is 11.5 Å². The average Bonchev–Trinajstić information content (AvgIpc) is 3.21. The van der Waals surface area contributed by atoms with Crippen LogP contribution in [0.4, 0.5) is 11.4 Å². The molecule has 41 heavy (non-hydrogen) atoms. The number of aliphatic hydroxyl groups excluding tert-OH is 1. The second-order valence-electron chi connectivity index (χ2n) is 11.1. The van der Waals surface area contributed by atoms with Crippen molar-refractivity contribution in [1.82, 2.24) is 0 Å². The van der Waals surface area contributed by atoms with Crippen LogP contribution in [0.5, 0.6) is 17.2 Å². The number of methoxy groups -OCH3 is 2. The zero-order valence-electron chi connectivity index (χ0n) is 24.9. The standard InChI is InChI=1S/C33H38N2O6/c1-9-41-25-16-11-21(18-24(25)33(2,3)4)30(36)28-29(20-10-17-26(39-7)27(19-20)40-8)35(32(38)31(28)37)23-14-12-22(13-15-23)34(5)6/h10-19,29,36H,9H2,1-8H3/b30-28+. The number of ether oxygens (including phenoxy) is 3. The molecule has 4 rings (SSSR count). The highest BCUT2D eigenvalue weighted by atomic mass is 16.5. The zero-order chi connectivity index (χ0) is 30.1. The van der Waals surface area contributed by atoms with Gasteiger partial charge in [-0.2, -0.15) is 0 Å². The number of hydrogen-bond donors (Lipinski definition) is 1. The molecule has 8 nitrogen and oxygen atoms in total. The third kappa shape index (κ3) is 5.59. The Balaban J connectivity index is 1.96. The van der Waals surface area contributed by atoms with Crippen LogP contribution in [0.25, 0.3) is 5.76 Å². The summed E-state index contributed by atoms with van der Waals surface area (Å²) < 4.78 is 16.8. The molecule has 0 saturated carbocycles. The predicted molar refractivity (Wildman–Crippen MR) is 161 cm³/mol. The largest absolute Gasteiger partial charge is 0.507 e. The first-order valence-corrected chi connectivity index (χ1v) is 13.5. The number of aliphatic hydroxyl groups is 1. The van der Waals surface area contributed by atoms with E-state index in [1.54, 1.807) is 42.5 Å². The Morgan fingerprint density at radius 2 is 1.54 bits per heavy atom. The smallest absolute Gasteiger partial charge is 0.300 e. The van der Waals surface area contributed by atoms with Crippen molar-refractivity contribution >= 4 is 28.8 Å². The lowest BCUT2D eigenvalue weighted by molar-refractivity contribution is -0.132. The molecule has 1 fully saturated rings. The number of anilines is 2. The molecule has 0 radical (unpaired) electrons. The maximum Gasteiger partial charge on any atom is 0.300 e. The molecule has 3 aromatic carbocycles. The van der Waals surface area contributed by atoms with Gasteiger partial charge in [-0.15, -0.1) is 0 Å². The molecule has 0 aliphatic carbocycles. The van der Waals surface area contributed by atoms with Gasteiger partial charge in [-0.05, 0) is 72.5 Å². The van der Waals surface area contributed by atoms with Crippen molar-refractivity contribution in [2.75, 3.05) is 44.7 Å². The van der Waals surface area contributed by atoms with Gasteiger partial charge in [-0.3, -0.25) is 14.5 Å². The second-order valence-corrected chi connectivity index (χ2v) is 11.1. The first kappa shape index (κ1) is 29.5. The Morgan fingerprint density at radius 1 is 0.902 bits per heavy atom. The van der Waals surface area contributed by atoms with Gasteiger partial charge in [0.05, 0.1) is 32.4 Å². The minimum absolute atomic E-state index is 0.0112. The fraction of sp³-hybridized carbons (Fsp3) is 0.333. The van der Waals surface area contributed by atoms with E-state index >= 15 is 0 Å². The molecule has 1 aliphatic heterocycles. The number of Topliss-reactive ketones (excluding diaryl/α,β-unsaturated/α-hetero) is 1. The highest BCUT2D eigenvalue weighted by Crippen LogP contribution is 2.45. The van der Waals surface area contributed by atoms with Crippen molar-refractivity contribution in [3.8, 4) is 17.2 Å². The number of carbonyl (C=O) groups is 2. The van der Waals surface area contributed by atoms with E-state index in [-0.39, 0.29) is 16.7 Å². The third-order valence-electron chi connectivity index (χ3n) is 7.17. The van der Waals surface area contributed by atoms with E-state index in [9.17, 15) is 14.7 Å². The summed E-state index contributed by atoms with van der Waals surface area (Å²) in [6.45, 7) is 8.55. The lowest BCUT2D eigenvalue weighted by Gasteiger charge is -2.27. The van der Waals surface area contributed by atoms with Crippen molar-refractivity contribution in [1.29, 1.82) is 0 Å². The first-order chi connectivity index (χ1) is 19.4. The van der Waals surface area contributed by atoms with E-state index in [1.165, 1.54) is 19.1 Å². The van der Waals surface area contributed by atoms with Crippen molar-refractivity contribution in [2.24, 2.45) is 0 Å². The van der Waals surface area contributed by atoms with Crippen LogP contribution in [0.3, 0.4) is 0 Å². The maximum atomic E-state index is 13.7. The van der Waals surface area contributed by atoms with E-state index in [0.717, 1.165) is 11.3 Å². The zero-order valence-corrected chi connectivity index (χ0v) is 24.9. The van der Waals surface area contributed by atoms with Gasteiger partial charge >= 0.3 is 0 Å². The number of benzene rings is 3. The van der Waals surface area contributed by atoms with E-state index in [2.05, 4.69) is 20.8 Å². The molecule has 0 spiro atoms. The highest BCUT2D eigenvalue weighted by Gasteiger charge is 2.47. The molecule has 8 heteroatoms. The monoisotopic (exact) mass is 558 g/mol. The molecular weight excluding hydrogens is 520 g/mol. The van der Waals surface area contributed by atoms with E-state index in [4.69, 9.17) is 14.2 Å². The van der Waals surface area contributed by atoms with Crippen LogP contribution >= 0.6 is 0 Å². The molecule has 1 unspecified atom stereocenters. The van der Waals surface area contributed by atoms with Gasteiger partial charge in [0, 0.05) is 36.6 Å². The van der Waals surface area contributed by atoms with Gasteiger partial charge in [0.25, 0.3) is 11.7 Å². The Hall–Kier alpha value is -4.46. The number of nitrogens with zero attached hydrogens (tertiary/aromatic N) is 2. The Kier molecular flexibility index (Phi) is 8.33. The first-order valence-electron chi connectivity index (χ1n) is 13.5. The van der Waals surface area contributed by atoms with Crippen LogP contribution in [0.15, 0.2) is 66.2 Å². The average molecular weight is 559 g/mol. The second kappa shape index (κ2) is 11.6. The lowest BCUT2D eigenvalue weighted by Crippen LogP contribution is -2.29. The summed E-state index contributed by atoms with van der Waals surface area (Å²) in [7, 11) is 6.90. The molecule has 1 heterocycles. The summed E-state index contributed by atoms with van der Waals surface area (Å²) in [6.07, 6.45) is 0. The van der Waals surface area contributed by atoms with Crippen LogP contribution in [-0.2, 0) is 15.0 Å². The summed E-state index contributed by atoms with van der Waals surface area (Å²) in [4.78, 5) is 30.7. The summed E-state index contributed by atoms with van der Waals surface area (Å²) in [6, 6.07) is 17.0. The lowest BCUT2D eigenvalue weighted by atomic mass is 9.84. The Bertz CT molecular complexity index is 1480. The molecule has 3 aromatic rings. The van der Waals surface area contributed by atoms with Crippen LogP contribution < -0.4 is 24.0 Å². The number of hydrogen-bond acceptors (Lipinski definition) is 7. The SMILES string of the molecule is CCOc1ccc(/C(O)=C2\C(=O)C(=O)N(c3ccc(N(C)C)cc3)C2c2ccc(OC)c(OC)c2)cc1C(C)(C)C. The van der Waals surface area contributed by atoms with Crippen LogP contribution in [0.1, 0.15) is 50.4 Å². The Morgan fingerprint density at radius 3 is 2.10 bits per heavy atom. The predicted octanol–water partition coefficient (Wildman–Crippen LogP) is 6.09. The minimum atomic E-state index is -0.912.